The molecule has 0 aliphatic carbocycles. The number of nitrogens with two attached hydrogens (primary N) is 2. The first kappa shape index (κ1) is 22.8. The Morgan fingerprint density at radius 1 is 1.17 bits per heavy atom. The van der Waals surface area contributed by atoms with E-state index in [0.717, 1.165) is 0 Å². The van der Waals surface area contributed by atoms with Crippen molar-refractivity contribution in [2.45, 2.75) is 24.9 Å². The predicted octanol–water partition coefficient (Wildman–Crippen LogP) is 2.84. The third-order valence-electron chi connectivity index (χ3n) is 5.96. The standard InChI is InChI=1S/C23H23F3N8O/c1-35-19-3-2-13(4-16(19)24)17-5-14(8-34-12-32-20-21(28)30-11-31-22(20)34)18(7-29-17)33-9-15(27)6-23(25,26)10-33/h2-5,7,11-12,15H,6,8-10,27H2,1H3,(H2,28,30,31)/t15-/m1/s1. The highest BCUT2D eigenvalue weighted by atomic mass is 19.3. The van der Waals surface area contributed by atoms with Crippen LogP contribution in [0.25, 0.3) is 22.4 Å². The lowest BCUT2D eigenvalue weighted by atomic mass is 10.0. The molecule has 1 atom stereocenters. The summed E-state index contributed by atoms with van der Waals surface area (Å²) in [5, 5.41) is 0. The van der Waals surface area contributed by atoms with Crippen LogP contribution in [0.5, 0.6) is 5.75 Å². The lowest BCUT2D eigenvalue weighted by molar-refractivity contribution is -0.0172. The third-order valence-corrected chi connectivity index (χ3v) is 5.96. The molecule has 12 heteroatoms. The molecule has 3 aromatic heterocycles. The molecular formula is C23H23F3N8O. The second-order valence-corrected chi connectivity index (χ2v) is 8.55. The summed E-state index contributed by atoms with van der Waals surface area (Å²) in [4.78, 5) is 18.5. The molecule has 35 heavy (non-hydrogen) atoms. The molecule has 5 rings (SSSR count). The molecule has 1 fully saturated rings. The first-order valence-electron chi connectivity index (χ1n) is 10.9. The number of fused-ring (bicyclic) bond motifs is 1. The maximum absolute atomic E-state index is 14.4. The fourth-order valence-corrected chi connectivity index (χ4v) is 4.41. The van der Waals surface area contributed by atoms with Gasteiger partial charge in [-0.15, -0.1) is 0 Å². The number of alkyl halides is 2. The van der Waals surface area contributed by atoms with Crippen LogP contribution in [0.1, 0.15) is 12.0 Å². The highest BCUT2D eigenvalue weighted by Gasteiger charge is 2.39. The van der Waals surface area contributed by atoms with E-state index in [0.29, 0.717) is 33.7 Å². The molecule has 1 aliphatic heterocycles. The molecule has 0 unspecified atom stereocenters. The lowest BCUT2D eigenvalue weighted by Crippen LogP contribution is -2.52. The number of hydrogen-bond acceptors (Lipinski definition) is 8. The fraction of sp³-hybridized carbons (Fsp3) is 0.304. The molecule has 0 radical (unpaired) electrons. The monoisotopic (exact) mass is 484 g/mol. The van der Waals surface area contributed by atoms with E-state index in [-0.39, 0.29) is 31.1 Å². The van der Waals surface area contributed by atoms with E-state index < -0.39 is 24.3 Å². The van der Waals surface area contributed by atoms with Crippen LogP contribution in [0, 0.1) is 5.82 Å². The van der Waals surface area contributed by atoms with Crippen LogP contribution in [0.4, 0.5) is 24.7 Å². The van der Waals surface area contributed by atoms with Gasteiger partial charge in [-0.05, 0) is 29.8 Å². The van der Waals surface area contributed by atoms with E-state index in [2.05, 4.69) is 19.9 Å². The van der Waals surface area contributed by atoms with Crippen molar-refractivity contribution in [3.63, 3.8) is 0 Å². The Morgan fingerprint density at radius 2 is 2.00 bits per heavy atom. The molecule has 4 heterocycles. The summed E-state index contributed by atoms with van der Waals surface area (Å²) in [5.74, 6) is -3.13. The van der Waals surface area contributed by atoms with Crippen molar-refractivity contribution < 1.29 is 17.9 Å². The van der Waals surface area contributed by atoms with Crippen LogP contribution < -0.4 is 21.1 Å². The molecule has 0 spiro atoms. The molecule has 182 valence electrons. The van der Waals surface area contributed by atoms with Gasteiger partial charge in [-0.25, -0.2) is 28.1 Å². The Balaban J connectivity index is 1.60. The quantitative estimate of drug-likeness (QED) is 0.444. The van der Waals surface area contributed by atoms with Gasteiger partial charge >= 0.3 is 0 Å². The number of pyridine rings is 1. The fourth-order valence-electron chi connectivity index (χ4n) is 4.41. The van der Waals surface area contributed by atoms with Crippen LogP contribution in [0.2, 0.25) is 0 Å². The van der Waals surface area contributed by atoms with Crippen LogP contribution in [0.15, 0.2) is 43.1 Å². The molecule has 1 aliphatic rings. The normalized spacial score (nSPS) is 17.6. The van der Waals surface area contributed by atoms with Crippen molar-refractivity contribution in [1.29, 1.82) is 0 Å². The van der Waals surface area contributed by atoms with Gasteiger partial charge in [-0.2, -0.15) is 0 Å². The summed E-state index contributed by atoms with van der Waals surface area (Å²) >= 11 is 0. The summed E-state index contributed by atoms with van der Waals surface area (Å²) in [6, 6.07) is 5.55. The molecular weight excluding hydrogens is 461 g/mol. The molecule has 0 amide bonds. The molecule has 4 aromatic rings. The summed E-state index contributed by atoms with van der Waals surface area (Å²) < 4.78 is 49.8. The minimum Gasteiger partial charge on any atom is -0.494 e. The highest BCUT2D eigenvalue weighted by Crippen LogP contribution is 2.34. The van der Waals surface area contributed by atoms with Crippen LogP contribution in [-0.2, 0) is 6.54 Å². The van der Waals surface area contributed by atoms with Crippen LogP contribution >= 0.6 is 0 Å². The largest absolute Gasteiger partial charge is 0.494 e. The van der Waals surface area contributed by atoms with Gasteiger partial charge in [0, 0.05) is 24.6 Å². The van der Waals surface area contributed by atoms with E-state index in [9.17, 15) is 13.2 Å². The number of ether oxygens (including phenoxy) is 1. The van der Waals surface area contributed by atoms with Gasteiger partial charge in [-0.3, -0.25) is 4.98 Å². The second-order valence-electron chi connectivity index (χ2n) is 8.55. The molecule has 4 N–H and O–H groups in total. The van der Waals surface area contributed by atoms with Gasteiger partial charge in [0.2, 0.25) is 0 Å². The Kier molecular flexibility index (Phi) is 5.67. The van der Waals surface area contributed by atoms with Crippen molar-refractivity contribution in [3.8, 4) is 17.0 Å². The minimum atomic E-state index is -2.93. The average molecular weight is 484 g/mol. The van der Waals surface area contributed by atoms with E-state index in [4.69, 9.17) is 16.2 Å². The summed E-state index contributed by atoms with van der Waals surface area (Å²) in [6.45, 7) is 0.0000130. The third kappa shape index (κ3) is 4.44. The average Bonchev–Trinajstić information content (AvgIpc) is 3.21. The number of hydrogen-bond donors (Lipinski definition) is 2. The molecule has 0 saturated carbocycles. The Morgan fingerprint density at radius 3 is 2.74 bits per heavy atom. The molecule has 1 saturated heterocycles. The number of piperidine rings is 1. The van der Waals surface area contributed by atoms with Crippen LogP contribution in [0.3, 0.4) is 0 Å². The van der Waals surface area contributed by atoms with Gasteiger partial charge in [0.25, 0.3) is 5.92 Å². The van der Waals surface area contributed by atoms with Gasteiger partial charge in [0.05, 0.1) is 44.1 Å². The zero-order valence-corrected chi connectivity index (χ0v) is 18.8. The Bertz CT molecular complexity index is 1390. The smallest absolute Gasteiger partial charge is 0.266 e. The predicted molar refractivity (Wildman–Crippen MR) is 125 cm³/mol. The number of anilines is 2. The molecule has 1 aromatic carbocycles. The molecule has 0 bridgehead atoms. The van der Waals surface area contributed by atoms with E-state index >= 15 is 0 Å². The first-order valence-corrected chi connectivity index (χ1v) is 10.9. The van der Waals surface area contributed by atoms with Crippen molar-refractivity contribution in [1.82, 2.24) is 24.5 Å². The highest BCUT2D eigenvalue weighted by molar-refractivity contribution is 5.81. The lowest BCUT2D eigenvalue weighted by Gasteiger charge is -2.38. The number of nitrogens with zero attached hydrogens (tertiary/aromatic N) is 6. The number of halogens is 3. The minimum absolute atomic E-state index is 0.109. The van der Waals surface area contributed by atoms with Crippen molar-refractivity contribution >= 4 is 22.7 Å². The summed E-state index contributed by atoms with van der Waals surface area (Å²) in [6.07, 6.45) is 4.03. The van der Waals surface area contributed by atoms with Crippen molar-refractivity contribution in [2.75, 3.05) is 30.8 Å². The van der Waals surface area contributed by atoms with Gasteiger partial charge < -0.3 is 25.7 Å². The maximum atomic E-state index is 14.4. The Labute approximate surface area is 198 Å². The van der Waals surface area contributed by atoms with E-state index in [1.54, 1.807) is 23.0 Å². The number of aromatic nitrogens is 5. The number of methoxy groups -OCH3 is 1. The maximum Gasteiger partial charge on any atom is 0.266 e. The first-order chi connectivity index (χ1) is 16.7. The van der Waals surface area contributed by atoms with Gasteiger partial charge in [-0.1, -0.05) is 0 Å². The van der Waals surface area contributed by atoms with Crippen molar-refractivity contribution in [3.05, 3.63) is 54.5 Å². The zero-order chi connectivity index (χ0) is 24.7. The number of nitrogen functional groups attached to an aromatic ring is 1. The zero-order valence-electron chi connectivity index (χ0n) is 18.8. The summed E-state index contributed by atoms with van der Waals surface area (Å²) in [5.41, 5.74) is 14.9. The number of benzene rings is 1. The van der Waals surface area contributed by atoms with E-state index in [1.165, 1.54) is 36.7 Å². The SMILES string of the molecule is COc1ccc(-c2cc(Cn3cnc4c(N)ncnc43)c(N3C[C@H](N)CC(F)(F)C3)cn2)cc1F. The van der Waals surface area contributed by atoms with Gasteiger partial charge in [0.15, 0.2) is 23.0 Å². The number of rotatable bonds is 5. The van der Waals surface area contributed by atoms with Crippen molar-refractivity contribution in [2.24, 2.45) is 5.73 Å². The van der Waals surface area contributed by atoms with E-state index in [1.807, 2.05) is 0 Å². The molecule has 9 nitrogen and oxygen atoms in total. The number of imidazole rings is 1. The van der Waals surface area contributed by atoms with Gasteiger partial charge in [0.1, 0.15) is 11.8 Å². The second kappa shape index (κ2) is 8.69. The van der Waals surface area contributed by atoms with Crippen LogP contribution in [-0.4, -0.2) is 56.7 Å². The topological polar surface area (TPSA) is 121 Å². The Hall–Kier alpha value is -3.93. The summed E-state index contributed by atoms with van der Waals surface area (Å²) in [7, 11) is 1.38.